The highest BCUT2D eigenvalue weighted by Gasteiger charge is 2.33. The molecule has 1 atom stereocenters. The van der Waals surface area contributed by atoms with Crippen LogP contribution in [-0.4, -0.2) is 59.4 Å². The Hall–Kier alpha value is -2.74. The Balaban J connectivity index is 1.27. The van der Waals surface area contributed by atoms with Gasteiger partial charge in [0, 0.05) is 61.1 Å². The summed E-state index contributed by atoms with van der Waals surface area (Å²) in [5.74, 6) is 1.64. The highest BCUT2D eigenvalue weighted by atomic mass is 35.5. The van der Waals surface area contributed by atoms with Gasteiger partial charge in [-0.2, -0.15) is 0 Å². The van der Waals surface area contributed by atoms with Gasteiger partial charge in [0.1, 0.15) is 5.76 Å². The molecule has 2 aliphatic heterocycles. The summed E-state index contributed by atoms with van der Waals surface area (Å²) in [5.41, 5.74) is 3.42. The van der Waals surface area contributed by atoms with Gasteiger partial charge in [-0.05, 0) is 79.8 Å². The van der Waals surface area contributed by atoms with E-state index in [0.29, 0.717) is 23.7 Å². The van der Waals surface area contributed by atoms with Gasteiger partial charge in [0.2, 0.25) is 5.88 Å². The van der Waals surface area contributed by atoms with Crippen LogP contribution in [0.3, 0.4) is 0 Å². The second kappa shape index (κ2) is 12.4. The second-order valence-corrected chi connectivity index (χ2v) is 10.6. The highest BCUT2D eigenvalue weighted by Crippen LogP contribution is 2.38. The number of allylic oxidation sites excluding steroid dienone is 5. The topological polar surface area (TPSA) is 77.8 Å². The third-order valence-electron chi connectivity index (χ3n) is 7.63. The summed E-state index contributed by atoms with van der Waals surface area (Å²) < 4.78 is 6.29. The predicted molar refractivity (Wildman–Crippen MR) is 152 cm³/mol. The van der Waals surface area contributed by atoms with E-state index in [4.69, 9.17) is 21.4 Å². The number of aliphatic hydroxyl groups excluding tert-OH is 1. The standard InChI is InChI=1S/C31H36ClN3O3/c32-26-11-9-25(10-12-26)31(37)13-18-35(19-14-31)17-3-6-23-21-28-24(22-33-15-4-20-36)5-1-8-29(28)38-30-27(23)7-2-16-34-30/h1-2,5-12,16,21,24,33,36-37H,3-4,13-15,17-20,22H2. The maximum Gasteiger partial charge on any atom is 0.227 e. The average molecular weight is 534 g/mol. The Bertz CT molecular complexity index is 1230. The molecule has 6 nitrogen and oxygen atoms in total. The van der Waals surface area contributed by atoms with Crippen molar-refractivity contribution in [2.24, 2.45) is 5.92 Å². The van der Waals surface area contributed by atoms with Crippen molar-refractivity contribution in [3.8, 4) is 5.88 Å². The van der Waals surface area contributed by atoms with Crippen LogP contribution in [0, 0.1) is 5.92 Å². The van der Waals surface area contributed by atoms with E-state index < -0.39 is 5.60 Å². The molecule has 7 heteroatoms. The number of rotatable bonds is 9. The van der Waals surface area contributed by atoms with Crippen LogP contribution in [-0.2, 0) is 5.60 Å². The van der Waals surface area contributed by atoms with Crippen molar-refractivity contribution >= 4 is 17.2 Å². The normalized spacial score (nSPS) is 21.7. The number of fused-ring (bicyclic) bond motifs is 2. The van der Waals surface area contributed by atoms with Gasteiger partial charge in [-0.15, -0.1) is 0 Å². The molecule has 0 saturated carbocycles. The van der Waals surface area contributed by atoms with Crippen molar-refractivity contribution in [2.45, 2.75) is 31.3 Å². The highest BCUT2D eigenvalue weighted by molar-refractivity contribution is 6.30. The number of nitrogens with one attached hydrogen (secondary N) is 1. The third-order valence-corrected chi connectivity index (χ3v) is 7.88. The molecule has 1 aromatic heterocycles. The van der Waals surface area contributed by atoms with Crippen molar-refractivity contribution in [1.29, 1.82) is 0 Å². The summed E-state index contributed by atoms with van der Waals surface area (Å²) >= 11 is 6.03. The minimum atomic E-state index is -0.787. The Kier molecular flexibility index (Phi) is 8.77. The van der Waals surface area contributed by atoms with Gasteiger partial charge >= 0.3 is 0 Å². The maximum atomic E-state index is 11.2. The molecule has 5 rings (SSSR count). The Labute approximate surface area is 230 Å². The van der Waals surface area contributed by atoms with Crippen LogP contribution in [0.1, 0.15) is 36.8 Å². The molecule has 38 heavy (non-hydrogen) atoms. The lowest BCUT2D eigenvalue weighted by Crippen LogP contribution is -2.42. The summed E-state index contributed by atoms with van der Waals surface area (Å²) in [6.07, 6.45) is 15.6. The van der Waals surface area contributed by atoms with Crippen LogP contribution < -0.4 is 10.1 Å². The van der Waals surface area contributed by atoms with Crippen molar-refractivity contribution in [3.05, 3.63) is 100 Å². The molecule has 3 N–H and O–H groups in total. The van der Waals surface area contributed by atoms with Gasteiger partial charge in [-0.3, -0.25) is 0 Å². The summed E-state index contributed by atoms with van der Waals surface area (Å²) in [4.78, 5) is 6.95. The molecule has 1 aliphatic carbocycles. The Morgan fingerprint density at radius 3 is 2.79 bits per heavy atom. The molecule has 0 bridgehead atoms. The van der Waals surface area contributed by atoms with Gasteiger partial charge in [0.25, 0.3) is 0 Å². The van der Waals surface area contributed by atoms with E-state index in [1.165, 1.54) is 0 Å². The summed E-state index contributed by atoms with van der Waals surface area (Å²) in [6, 6.07) is 11.6. The van der Waals surface area contributed by atoms with E-state index in [-0.39, 0.29) is 12.5 Å². The number of nitrogens with zero attached hydrogens (tertiary/aromatic N) is 2. The molecule has 3 heterocycles. The lowest BCUT2D eigenvalue weighted by molar-refractivity contribution is -0.0254. The molecule has 1 unspecified atom stereocenters. The van der Waals surface area contributed by atoms with E-state index in [2.05, 4.69) is 39.5 Å². The first-order valence-electron chi connectivity index (χ1n) is 13.5. The van der Waals surface area contributed by atoms with E-state index >= 15 is 0 Å². The molecule has 0 radical (unpaired) electrons. The second-order valence-electron chi connectivity index (χ2n) is 10.2. The molecule has 1 aromatic carbocycles. The number of benzene rings is 1. The minimum absolute atomic E-state index is 0.180. The fraction of sp³-hybridized carbons (Fsp3) is 0.387. The molecule has 0 spiro atoms. The summed E-state index contributed by atoms with van der Waals surface area (Å²) in [6.45, 7) is 4.38. The molecule has 3 aliphatic rings. The fourth-order valence-electron chi connectivity index (χ4n) is 5.38. The van der Waals surface area contributed by atoms with Gasteiger partial charge in [0.05, 0.1) is 5.60 Å². The lowest BCUT2D eigenvalue weighted by Gasteiger charge is -2.38. The van der Waals surface area contributed by atoms with Crippen LogP contribution in [0.2, 0.25) is 5.02 Å². The minimum Gasteiger partial charge on any atom is -0.438 e. The van der Waals surface area contributed by atoms with Gasteiger partial charge in [-0.1, -0.05) is 42.0 Å². The zero-order valence-corrected chi connectivity index (χ0v) is 22.4. The molecule has 0 amide bonds. The van der Waals surface area contributed by atoms with Crippen molar-refractivity contribution in [1.82, 2.24) is 15.2 Å². The number of aliphatic hydroxyl groups is 2. The monoisotopic (exact) mass is 533 g/mol. The first-order chi connectivity index (χ1) is 18.6. The summed E-state index contributed by atoms with van der Waals surface area (Å²) in [7, 11) is 0. The number of piperidine rings is 1. The molecule has 1 saturated heterocycles. The van der Waals surface area contributed by atoms with Gasteiger partial charge in [0.15, 0.2) is 0 Å². The number of aromatic nitrogens is 1. The van der Waals surface area contributed by atoms with Crippen molar-refractivity contribution in [3.63, 3.8) is 0 Å². The lowest BCUT2D eigenvalue weighted by atomic mass is 9.84. The van der Waals surface area contributed by atoms with E-state index in [1.807, 2.05) is 42.5 Å². The van der Waals surface area contributed by atoms with Crippen LogP contribution in [0.4, 0.5) is 0 Å². The first kappa shape index (κ1) is 26.9. The Morgan fingerprint density at radius 2 is 2.00 bits per heavy atom. The van der Waals surface area contributed by atoms with Crippen LogP contribution in [0.25, 0.3) is 5.57 Å². The fourth-order valence-corrected chi connectivity index (χ4v) is 5.50. The molecule has 200 valence electrons. The predicted octanol–water partition coefficient (Wildman–Crippen LogP) is 4.85. The Morgan fingerprint density at radius 1 is 1.18 bits per heavy atom. The van der Waals surface area contributed by atoms with Crippen LogP contribution >= 0.6 is 11.6 Å². The smallest absolute Gasteiger partial charge is 0.227 e. The van der Waals surface area contributed by atoms with Crippen LogP contribution in [0.5, 0.6) is 5.88 Å². The van der Waals surface area contributed by atoms with Crippen molar-refractivity contribution < 1.29 is 14.9 Å². The number of hydrogen-bond donors (Lipinski definition) is 3. The molecular formula is C31H36ClN3O3. The number of hydrogen-bond acceptors (Lipinski definition) is 6. The number of pyridine rings is 1. The zero-order chi connectivity index (χ0) is 26.4. The number of ether oxygens (including phenoxy) is 1. The average Bonchev–Trinajstić information content (AvgIpc) is 3.09. The SMILES string of the molecule is OCCCNCC1C=CC=C2Oc3ncccc3C(=CCCN3CCC(O)(c4ccc(Cl)cc4)CC3)C=C21. The quantitative estimate of drug-likeness (QED) is 0.400. The van der Waals surface area contributed by atoms with Gasteiger partial charge < -0.3 is 25.2 Å². The summed E-state index contributed by atoms with van der Waals surface area (Å²) in [5, 5.41) is 24.4. The van der Waals surface area contributed by atoms with Crippen LogP contribution in [0.15, 0.2) is 84.3 Å². The number of likely N-dealkylation sites (tertiary alicyclic amines) is 1. The van der Waals surface area contributed by atoms with E-state index in [9.17, 15) is 5.11 Å². The van der Waals surface area contributed by atoms with E-state index in [1.54, 1.807) is 6.20 Å². The molecule has 2 aromatic rings. The van der Waals surface area contributed by atoms with Gasteiger partial charge in [-0.25, -0.2) is 4.98 Å². The zero-order valence-electron chi connectivity index (χ0n) is 21.7. The molecular weight excluding hydrogens is 498 g/mol. The van der Waals surface area contributed by atoms with E-state index in [0.717, 1.165) is 73.6 Å². The maximum absolute atomic E-state index is 11.2. The molecule has 1 fully saturated rings. The largest absolute Gasteiger partial charge is 0.438 e. The number of halogens is 1. The van der Waals surface area contributed by atoms with Crippen molar-refractivity contribution in [2.75, 3.05) is 39.3 Å². The third kappa shape index (κ3) is 6.28. The first-order valence-corrected chi connectivity index (χ1v) is 13.9.